The van der Waals surface area contributed by atoms with Gasteiger partial charge in [0.1, 0.15) is 17.7 Å². The molecular weight excluding hydrogens is 265 g/mol. The highest BCUT2D eigenvalue weighted by Crippen LogP contribution is 2.22. The number of hydrogen-bond donors (Lipinski definition) is 1. The first-order valence-electron chi connectivity index (χ1n) is 7.44. The Labute approximate surface area is 125 Å². The smallest absolute Gasteiger partial charge is 0.136 e. The Morgan fingerprint density at radius 2 is 1.71 bits per heavy atom. The average molecular weight is 287 g/mol. The number of rotatable bonds is 7. The van der Waals surface area contributed by atoms with Crippen LogP contribution in [0.1, 0.15) is 37.0 Å². The number of nitrogens with two attached hydrogens (primary N) is 1. The van der Waals surface area contributed by atoms with E-state index in [0.29, 0.717) is 6.54 Å². The van der Waals surface area contributed by atoms with Gasteiger partial charge in [-0.15, -0.1) is 0 Å². The number of ether oxygens (including phenoxy) is 1. The molecule has 0 heterocycles. The molecule has 0 aliphatic heterocycles. The fraction of sp³-hybridized carbons (Fsp3) is 0.333. The van der Waals surface area contributed by atoms with E-state index in [9.17, 15) is 4.39 Å². The van der Waals surface area contributed by atoms with Crippen LogP contribution < -0.4 is 10.5 Å². The Morgan fingerprint density at radius 1 is 1.05 bits per heavy atom. The molecule has 0 radical (unpaired) electrons. The molecule has 1 unspecified atom stereocenters. The van der Waals surface area contributed by atoms with E-state index in [1.807, 2.05) is 12.1 Å². The molecule has 2 rings (SSSR count). The second-order valence-electron chi connectivity index (χ2n) is 5.14. The van der Waals surface area contributed by atoms with Gasteiger partial charge in [0, 0.05) is 6.54 Å². The maximum absolute atomic E-state index is 13.0. The summed E-state index contributed by atoms with van der Waals surface area (Å²) in [6.45, 7) is 2.54. The third-order valence-corrected chi connectivity index (χ3v) is 3.48. The zero-order valence-electron chi connectivity index (χ0n) is 12.4. The zero-order chi connectivity index (χ0) is 15.1. The van der Waals surface area contributed by atoms with Gasteiger partial charge in [-0.3, -0.25) is 0 Å². The Balaban J connectivity index is 2.02. The highest BCUT2D eigenvalue weighted by Gasteiger charge is 2.11. The van der Waals surface area contributed by atoms with Crippen LogP contribution in [-0.2, 0) is 6.42 Å². The summed E-state index contributed by atoms with van der Waals surface area (Å²) < 4.78 is 18.9. The Kier molecular flexibility index (Phi) is 5.76. The van der Waals surface area contributed by atoms with Crippen molar-refractivity contribution in [2.75, 3.05) is 6.54 Å². The van der Waals surface area contributed by atoms with Gasteiger partial charge in [0.15, 0.2) is 0 Å². The van der Waals surface area contributed by atoms with Gasteiger partial charge in [-0.25, -0.2) is 4.39 Å². The van der Waals surface area contributed by atoms with Crippen molar-refractivity contribution in [3.63, 3.8) is 0 Å². The summed E-state index contributed by atoms with van der Waals surface area (Å²) in [5.74, 6) is 0.532. The topological polar surface area (TPSA) is 35.2 Å². The quantitative estimate of drug-likeness (QED) is 0.826. The van der Waals surface area contributed by atoms with Crippen LogP contribution in [0.25, 0.3) is 0 Å². The van der Waals surface area contributed by atoms with Crippen LogP contribution in [-0.4, -0.2) is 6.54 Å². The maximum Gasteiger partial charge on any atom is 0.136 e. The van der Waals surface area contributed by atoms with E-state index in [0.717, 1.165) is 17.7 Å². The molecule has 21 heavy (non-hydrogen) atoms. The minimum Gasteiger partial charge on any atom is -0.484 e. The number of aryl methyl sites for hydroxylation is 1. The van der Waals surface area contributed by atoms with Crippen molar-refractivity contribution in [1.29, 1.82) is 0 Å². The van der Waals surface area contributed by atoms with Gasteiger partial charge in [0.2, 0.25) is 0 Å². The molecule has 0 fully saturated rings. The van der Waals surface area contributed by atoms with Crippen LogP contribution >= 0.6 is 0 Å². The third kappa shape index (κ3) is 4.57. The predicted octanol–water partition coefficient (Wildman–Crippen LogP) is 4.25. The molecule has 0 amide bonds. The number of benzene rings is 2. The van der Waals surface area contributed by atoms with Gasteiger partial charge in [-0.2, -0.15) is 0 Å². The zero-order valence-corrected chi connectivity index (χ0v) is 12.4. The minimum atomic E-state index is -0.257. The monoisotopic (exact) mass is 287 g/mol. The molecule has 112 valence electrons. The number of unbranched alkanes of at least 4 members (excludes halogenated alkanes) is 1. The van der Waals surface area contributed by atoms with Crippen molar-refractivity contribution >= 4 is 0 Å². The van der Waals surface area contributed by atoms with Crippen LogP contribution in [0.3, 0.4) is 0 Å². The van der Waals surface area contributed by atoms with Gasteiger partial charge >= 0.3 is 0 Å². The Morgan fingerprint density at radius 3 is 2.29 bits per heavy atom. The molecule has 1 atom stereocenters. The molecule has 0 aromatic heterocycles. The van der Waals surface area contributed by atoms with E-state index in [-0.39, 0.29) is 11.9 Å². The molecule has 2 N–H and O–H groups in total. The van der Waals surface area contributed by atoms with Crippen LogP contribution in [0.5, 0.6) is 5.75 Å². The van der Waals surface area contributed by atoms with Gasteiger partial charge in [-0.1, -0.05) is 37.6 Å². The third-order valence-electron chi connectivity index (χ3n) is 3.48. The first kappa shape index (κ1) is 15.5. The number of halogens is 1. The van der Waals surface area contributed by atoms with E-state index in [2.05, 4.69) is 19.1 Å². The van der Waals surface area contributed by atoms with E-state index in [4.69, 9.17) is 10.5 Å². The summed E-state index contributed by atoms with van der Waals surface area (Å²) in [5, 5.41) is 0. The summed E-state index contributed by atoms with van der Waals surface area (Å²) in [4.78, 5) is 0. The Hall–Kier alpha value is -1.87. The second kappa shape index (κ2) is 7.79. The van der Waals surface area contributed by atoms with Crippen LogP contribution in [0.15, 0.2) is 48.5 Å². The summed E-state index contributed by atoms with van der Waals surface area (Å²) in [7, 11) is 0. The molecule has 2 nitrogen and oxygen atoms in total. The first-order valence-corrected chi connectivity index (χ1v) is 7.44. The van der Waals surface area contributed by atoms with Crippen LogP contribution in [0, 0.1) is 5.82 Å². The summed E-state index contributed by atoms with van der Waals surface area (Å²) in [5.41, 5.74) is 7.97. The largest absolute Gasteiger partial charge is 0.484 e. The lowest BCUT2D eigenvalue weighted by Gasteiger charge is -2.18. The van der Waals surface area contributed by atoms with Gasteiger partial charge in [0.05, 0.1) is 0 Å². The molecule has 0 bridgehead atoms. The summed E-state index contributed by atoms with van der Waals surface area (Å²) >= 11 is 0. The summed E-state index contributed by atoms with van der Waals surface area (Å²) in [6, 6.07) is 14.4. The highest BCUT2D eigenvalue weighted by atomic mass is 19.1. The maximum atomic E-state index is 13.0. The standard InChI is InChI=1S/C18H22FNO/c1-2-3-4-14-5-11-17(12-6-14)21-18(13-20)15-7-9-16(19)10-8-15/h5-12,18H,2-4,13,20H2,1H3. The van der Waals surface area contributed by atoms with E-state index in [1.54, 1.807) is 12.1 Å². The SMILES string of the molecule is CCCCc1ccc(OC(CN)c2ccc(F)cc2)cc1. The Bertz CT molecular complexity index is 536. The van der Waals surface area contributed by atoms with E-state index >= 15 is 0 Å². The molecule has 3 heteroatoms. The fourth-order valence-electron chi connectivity index (χ4n) is 2.21. The van der Waals surface area contributed by atoms with Crippen molar-refractivity contribution in [3.8, 4) is 5.75 Å². The first-order chi connectivity index (χ1) is 10.2. The lowest BCUT2D eigenvalue weighted by molar-refractivity contribution is 0.214. The summed E-state index contributed by atoms with van der Waals surface area (Å²) in [6.07, 6.45) is 3.22. The lowest BCUT2D eigenvalue weighted by atomic mass is 10.1. The molecular formula is C18H22FNO. The molecule has 0 aliphatic rings. The highest BCUT2D eigenvalue weighted by molar-refractivity contribution is 5.29. The van der Waals surface area contributed by atoms with Crippen molar-refractivity contribution in [2.45, 2.75) is 32.3 Å². The fourth-order valence-corrected chi connectivity index (χ4v) is 2.21. The van der Waals surface area contributed by atoms with Crippen molar-refractivity contribution in [1.82, 2.24) is 0 Å². The average Bonchev–Trinajstić information content (AvgIpc) is 2.53. The molecule has 0 aliphatic carbocycles. The second-order valence-corrected chi connectivity index (χ2v) is 5.14. The molecule has 0 saturated heterocycles. The molecule has 0 spiro atoms. The predicted molar refractivity (Wildman–Crippen MR) is 83.9 cm³/mol. The molecule has 2 aromatic rings. The molecule has 0 saturated carbocycles. The van der Waals surface area contributed by atoms with Crippen molar-refractivity contribution in [2.24, 2.45) is 5.73 Å². The van der Waals surface area contributed by atoms with Crippen molar-refractivity contribution < 1.29 is 9.13 Å². The normalized spacial score (nSPS) is 12.1. The molecule has 2 aromatic carbocycles. The van der Waals surface area contributed by atoms with E-state index in [1.165, 1.54) is 30.5 Å². The van der Waals surface area contributed by atoms with Crippen LogP contribution in [0.2, 0.25) is 0 Å². The van der Waals surface area contributed by atoms with Crippen LogP contribution in [0.4, 0.5) is 4.39 Å². The van der Waals surface area contributed by atoms with Gasteiger partial charge < -0.3 is 10.5 Å². The van der Waals surface area contributed by atoms with Crippen molar-refractivity contribution in [3.05, 3.63) is 65.5 Å². The van der Waals surface area contributed by atoms with Gasteiger partial charge in [0.25, 0.3) is 0 Å². The minimum absolute atomic E-state index is 0.255. The van der Waals surface area contributed by atoms with Gasteiger partial charge in [-0.05, 0) is 48.2 Å². The number of hydrogen-bond acceptors (Lipinski definition) is 2. The van der Waals surface area contributed by atoms with E-state index < -0.39 is 0 Å². The lowest BCUT2D eigenvalue weighted by Crippen LogP contribution is -2.18.